The van der Waals surface area contributed by atoms with Crippen LogP contribution in [-0.2, 0) is 29.0 Å². The van der Waals surface area contributed by atoms with Crippen LogP contribution in [0.4, 0.5) is 0 Å². The van der Waals surface area contributed by atoms with Crippen LogP contribution in [0.1, 0.15) is 38.1 Å². The fraction of sp³-hybridized carbons (Fsp3) is 0.500. The Hall–Kier alpha value is -1.36. The summed E-state index contributed by atoms with van der Waals surface area (Å²) in [5.74, 6) is -1.44. The molecule has 0 saturated heterocycles. The molecule has 0 aromatic carbocycles. The third kappa shape index (κ3) is 9.25. The SMILES string of the molecule is CC(C)(C)C(=O)[O-].CCOC(=O)c1[c]ncnc1.[Zn]. The summed E-state index contributed by atoms with van der Waals surface area (Å²) >= 11 is 0. The minimum atomic E-state index is -1.01. The van der Waals surface area contributed by atoms with E-state index in [4.69, 9.17) is 0 Å². The Kier molecular flexibility index (Phi) is 10.0. The van der Waals surface area contributed by atoms with Gasteiger partial charge in [0, 0.05) is 37.1 Å². The van der Waals surface area contributed by atoms with Gasteiger partial charge in [0.1, 0.15) is 18.1 Å². The molecule has 7 heteroatoms. The van der Waals surface area contributed by atoms with Crippen LogP contribution in [0.5, 0.6) is 0 Å². The Morgan fingerprint density at radius 2 is 1.95 bits per heavy atom. The molecule has 0 aliphatic heterocycles. The number of rotatable bonds is 2. The van der Waals surface area contributed by atoms with Gasteiger partial charge in [-0.1, -0.05) is 20.8 Å². The molecule has 0 bridgehead atoms. The van der Waals surface area contributed by atoms with Gasteiger partial charge in [0.05, 0.1) is 6.61 Å². The second kappa shape index (κ2) is 9.56. The maximum absolute atomic E-state index is 10.9. The Bertz CT molecular complexity index is 390. The molecule has 1 aromatic heterocycles. The monoisotopic (exact) mass is 316 g/mol. The molecule has 1 rings (SSSR count). The van der Waals surface area contributed by atoms with Crippen molar-refractivity contribution in [2.75, 3.05) is 6.61 Å². The molecular formula is C12H16N2O4Zn-. The van der Waals surface area contributed by atoms with Crippen molar-refractivity contribution in [3.8, 4) is 0 Å². The molecule has 0 saturated carbocycles. The predicted molar refractivity (Wildman–Crippen MR) is 61.3 cm³/mol. The average molecular weight is 318 g/mol. The number of carboxylic acid groups (broad SMARTS) is 1. The van der Waals surface area contributed by atoms with Crippen molar-refractivity contribution in [3.63, 3.8) is 0 Å². The Balaban J connectivity index is 0. The summed E-state index contributed by atoms with van der Waals surface area (Å²) < 4.78 is 4.68. The zero-order valence-electron chi connectivity index (χ0n) is 11.6. The van der Waals surface area contributed by atoms with E-state index in [9.17, 15) is 14.7 Å². The molecule has 101 valence electrons. The molecule has 0 unspecified atom stereocenters. The minimum Gasteiger partial charge on any atom is -0.550 e. The van der Waals surface area contributed by atoms with E-state index in [1.807, 2.05) is 0 Å². The fourth-order valence-corrected chi connectivity index (χ4v) is 0.576. The van der Waals surface area contributed by atoms with Gasteiger partial charge in [-0.2, -0.15) is 0 Å². The van der Waals surface area contributed by atoms with Gasteiger partial charge in [-0.3, -0.25) is 0 Å². The summed E-state index contributed by atoms with van der Waals surface area (Å²) in [6.45, 7) is 6.89. The first kappa shape index (κ1) is 20.0. The summed E-state index contributed by atoms with van der Waals surface area (Å²) in [5, 5.41) is 9.91. The summed E-state index contributed by atoms with van der Waals surface area (Å²) in [6.07, 6.45) is 5.14. The number of hydrogen-bond acceptors (Lipinski definition) is 6. The normalized spacial score (nSPS) is 9.47. The Morgan fingerprint density at radius 1 is 1.42 bits per heavy atom. The van der Waals surface area contributed by atoms with Crippen LogP contribution in [0.15, 0.2) is 12.5 Å². The summed E-state index contributed by atoms with van der Waals surface area (Å²) in [4.78, 5) is 28.0. The maximum atomic E-state index is 10.9. The van der Waals surface area contributed by atoms with Crippen LogP contribution in [0, 0.1) is 11.6 Å². The fourth-order valence-electron chi connectivity index (χ4n) is 0.576. The second-order valence-corrected chi connectivity index (χ2v) is 4.31. The number of carboxylic acids is 1. The molecule has 1 radical (unpaired) electrons. The Labute approximate surface area is 125 Å². The molecule has 0 N–H and O–H groups in total. The predicted octanol–water partition coefficient (Wildman–Crippen LogP) is 0.233. The first-order chi connectivity index (χ1) is 8.29. The van der Waals surface area contributed by atoms with E-state index in [2.05, 4.69) is 20.9 Å². The molecule has 6 nitrogen and oxygen atoms in total. The maximum Gasteiger partial charge on any atom is 0.341 e. The van der Waals surface area contributed by atoms with E-state index < -0.39 is 17.4 Å². The van der Waals surface area contributed by atoms with E-state index in [0.717, 1.165) is 0 Å². The molecule has 0 fully saturated rings. The smallest absolute Gasteiger partial charge is 0.341 e. The number of carbonyl (C=O) groups is 2. The second-order valence-electron chi connectivity index (χ2n) is 4.31. The molecule has 0 aliphatic rings. The van der Waals surface area contributed by atoms with E-state index in [1.54, 1.807) is 27.7 Å². The summed E-state index contributed by atoms with van der Waals surface area (Å²) in [7, 11) is 0. The van der Waals surface area contributed by atoms with E-state index in [0.29, 0.717) is 6.61 Å². The summed E-state index contributed by atoms with van der Waals surface area (Å²) in [6, 6.07) is 0. The van der Waals surface area contributed by atoms with Gasteiger partial charge < -0.3 is 14.6 Å². The number of carbonyl (C=O) groups excluding carboxylic acids is 2. The molecule has 0 aliphatic carbocycles. The molecule has 19 heavy (non-hydrogen) atoms. The molecule has 1 aromatic rings. The number of hydrogen-bond donors (Lipinski definition) is 0. The van der Waals surface area contributed by atoms with Gasteiger partial charge in [-0.25, -0.2) is 14.8 Å². The van der Waals surface area contributed by atoms with Gasteiger partial charge in [0.2, 0.25) is 0 Å². The van der Waals surface area contributed by atoms with Crippen molar-refractivity contribution in [2.24, 2.45) is 5.41 Å². The molecule has 0 amide bonds. The van der Waals surface area contributed by atoms with Crippen molar-refractivity contribution >= 4 is 11.9 Å². The molecule has 0 spiro atoms. The number of aromatic nitrogens is 2. The van der Waals surface area contributed by atoms with Gasteiger partial charge in [0.25, 0.3) is 0 Å². The van der Waals surface area contributed by atoms with Crippen LogP contribution < -0.4 is 5.11 Å². The van der Waals surface area contributed by atoms with Crippen LogP contribution in [-0.4, -0.2) is 28.5 Å². The Morgan fingerprint density at radius 3 is 2.26 bits per heavy atom. The van der Waals surface area contributed by atoms with Crippen molar-refractivity contribution in [2.45, 2.75) is 27.7 Å². The zero-order valence-corrected chi connectivity index (χ0v) is 14.6. The first-order valence-electron chi connectivity index (χ1n) is 5.35. The zero-order chi connectivity index (χ0) is 14.2. The average Bonchev–Trinajstić information content (AvgIpc) is 2.30. The minimum absolute atomic E-state index is 0. The van der Waals surface area contributed by atoms with E-state index >= 15 is 0 Å². The van der Waals surface area contributed by atoms with Gasteiger partial charge in [-0.05, 0) is 6.92 Å². The van der Waals surface area contributed by atoms with Crippen molar-refractivity contribution in [1.29, 1.82) is 0 Å². The van der Waals surface area contributed by atoms with Crippen LogP contribution in [0.3, 0.4) is 0 Å². The van der Waals surface area contributed by atoms with Crippen LogP contribution in [0.25, 0.3) is 0 Å². The molecular weight excluding hydrogens is 302 g/mol. The number of nitrogens with zero attached hydrogens (tertiary/aromatic N) is 2. The number of esters is 1. The van der Waals surface area contributed by atoms with Crippen LogP contribution >= 0.6 is 0 Å². The van der Waals surface area contributed by atoms with E-state index in [1.165, 1.54) is 12.5 Å². The third-order valence-electron chi connectivity index (χ3n) is 1.62. The van der Waals surface area contributed by atoms with Crippen molar-refractivity contribution in [3.05, 3.63) is 24.3 Å². The van der Waals surface area contributed by atoms with Crippen molar-refractivity contribution in [1.82, 2.24) is 9.97 Å². The molecule has 0 atom stereocenters. The van der Waals surface area contributed by atoms with Gasteiger partial charge in [-0.15, -0.1) is 0 Å². The third-order valence-corrected chi connectivity index (χ3v) is 1.62. The number of aliphatic carboxylic acids is 1. The topological polar surface area (TPSA) is 92.2 Å². The molecule has 1 heterocycles. The van der Waals surface area contributed by atoms with E-state index in [-0.39, 0.29) is 25.0 Å². The first-order valence-corrected chi connectivity index (χ1v) is 5.35. The van der Waals surface area contributed by atoms with Crippen molar-refractivity contribution < 1.29 is 38.9 Å². The van der Waals surface area contributed by atoms with Gasteiger partial charge >= 0.3 is 5.97 Å². The van der Waals surface area contributed by atoms with Gasteiger partial charge in [0.15, 0.2) is 0 Å². The number of ether oxygens (including phenoxy) is 1. The standard InChI is InChI=1S/C7H7N2O2.C5H10O2.Zn/c1-2-11-7(10)6-3-8-5-9-4-6;1-5(2,3)4(6)7;/h3,5H,2H2,1H3;1-3H3,(H,6,7);/p-1. The van der Waals surface area contributed by atoms with Crippen LogP contribution in [0.2, 0.25) is 0 Å². The quantitative estimate of drug-likeness (QED) is 0.573. The largest absolute Gasteiger partial charge is 0.550 e. The summed E-state index contributed by atoms with van der Waals surface area (Å²) in [5.41, 5.74) is -0.436.